The van der Waals surface area contributed by atoms with E-state index in [0.29, 0.717) is 6.42 Å². The summed E-state index contributed by atoms with van der Waals surface area (Å²) in [7, 11) is 0. The zero-order valence-corrected chi connectivity index (χ0v) is 14.5. The third-order valence-corrected chi connectivity index (χ3v) is 4.55. The fourth-order valence-electron chi connectivity index (χ4n) is 3.01. The fourth-order valence-corrected chi connectivity index (χ4v) is 3.01. The van der Waals surface area contributed by atoms with Gasteiger partial charge in [0.05, 0.1) is 0 Å². The summed E-state index contributed by atoms with van der Waals surface area (Å²) < 4.78 is 0. The number of hydrogen-bond acceptors (Lipinski definition) is 1. The minimum atomic E-state index is -0.649. The van der Waals surface area contributed by atoms with Crippen LogP contribution in [0.25, 0.3) is 0 Å². The van der Waals surface area contributed by atoms with Gasteiger partial charge in [-0.3, -0.25) is 4.79 Å². The lowest BCUT2D eigenvalue weighted by atomic mass is 9.93. The predicted octanol–water partition coefficient (Wildman–Crippen LogP) is 6.58. The van der Waals surface area contributed by atoms with Crippen LogP contribution in [-0.4, -0.2) is 11.1 Å². The van der Waals surface area contributed by atoms with E-state index in [-0.39, 0.29) is 0 Å². The van der Waals surface area contributed by atoms with Crippen molar-refractivity contribution < 1.29 is 9.90 Å². The van der Waals surface area contributed by atoms with Crippen LogP contribution in [0.3, 0.4) is 0 Å². The van der Waals surface area contributed by atoms with Crippen molar-refractivity contribution in [3.8, 4) is 0 Å². The summed E-state index contributed by atoms with van der Waals surface area (Å²) in [6.45, 7) is 4.51. The highest BCUT2D eigenvalue weighted by Gasteiger charge is 2.07. The Morgan fingerprint density at radius 2 is 1.24 bits per heavy atom. The van der Waals surface area contributed by atoms with Gasteiger partial charge in [-0.2, -0.15) is 0 Å². The van der Waals surface area contributed by atoms with Crippen molar-refractivity contribution in [2.24, 2.45) is 5.92 Å². The number of carboxylic acid groups (broad SMARTS) is 1. The van der Waals surface area contributed by atoms with E-state index < -0.39 is 5.97 Å². The molecule has 0 aliphatic carbocycles. The highest BCUT2D eigenvalue weighted by molar-refractivity contribution is 5.66. The number of carboxylic acids is 1. The summed E-state index contributed by atoms with van der Waals surface area (Å²) in [5.74, 6) is 0.0992. The lowest BCUT2D eigenvalue weighted by Crippen LogP contribution is -2.02. The molecule has 2 nitrogen and oxygen atoms in total. The molecule has 0 aromatic carbocycles. The second-order valence-corrected chi connectivity index (χ2v) is 6.53. The minimum Gasteiger partial charge on any atom is -0.481 e. The maximum absolute atomic E-state index is 10.5. The first kappa shape index (κ1) is 20.5. The summed E-state index contributed by atoms with van der Waals surface area (Å²) >= 11 is 0. The SMILES string of the molecule is CCCCCCCCCCCCC(CC)CCCC(=O)O. The Morgan fingerprint density at radius 3 is 1.71 bits per heavy atom. The molecule has 0 spiro atoms. The van der Waals surface area contributed by atoms with Crippen molar-refractivity contribution in [3.63, 3.8) is 0 Å². The first-order valence-corrected chi connectivity index (χ1v) is 9.42. The molecule has 0 aliphatic rings. The van der Waals surface area contributed by atoms with E-state index >= 15 is 0 Å². The highest BCUT2D eigenvalue weighted by Crippen LogP contribution is 2.20. The van der Waals surface area contributed by atoms with Gasteiger partial charge in [-0.15, -0.1) is 0 Å². The summed E-state index contributed by atoms with van der Waals surface area (Å²) in [5, 5.41) is 8.66. The molecule has 1 N–H and O–H groups in total. The molecule has 0 saturated carbocycles. The summed E-state index contributed by atoms with van der Waals surface area (Å²) in [5.41, 5.74) is 0. The molecule has 0 saturated heterocycles. The van der Waals surface area contributed by atoms with Crippen LogP contribution >= 0.6 is 0 Å². The van der Waals surface area contributed by atoms with Gasteiger partial charge in [-0.05, 0) is 18.8 Å². The van der Waals surface area contributed by atoms with E-state index in [1.165, 1.54) is 77.0 Å². The topological polar surface area (TPSA) is 37.3 Å². The van der Waals surface area contributed by atoms with Crippen LogP contribution in [0.15, 0.2) is 0 Å². The Hall–Kier alpha value is -0.530. The van der Waals surface area contributed by atoms with E-state index in [1.807, 2.05) is 0 Å². The van der Waals surface area contributed by atoms with Crippen LogP contribution in [0.2, 0.25) is 0 Å². The molecule has 0 radical (unpaired) electrons. The van der Waals surface area contributed by atoms with Crippen LogP contribution in [-0.2, 0) is 4.79 Å². The molecular formula is C19H38O2. The van der Waals surface area contributed by atoms with Crippen LogP contribution in [0.4, 0.5) is 0 Å². The minimum absolute atomic E-state index is 0.342. The van der Waals surface area contributed by atoms with Crippen molar-refractivity contribution >= 4 is 5.97 Å². The average molecular weight is 299 g/mol. The van der Waals surface area contributed by atoms with Crippen LogP contribution in [0.5, 0.6) is 0 Å². The van der Waals surface area contributed by atoms with E-state index in [9.17, 15) is 4.79 Å². The molecule has 0 aromatic heterocycles. The Kier molecular flexibility index (Phi) is 15.5. The van der Waals surface area contributed by atoms with Gasteiger partial charge in [-0.1, -0.05) is 90.9 Å². The third kappa shape index (κ3) is 15.7. The summed E-state index contributed by atoms with van der Waals surface area (Å²) in [6, 6.07) is 0. The lowest BCUT2D eigenvalue weighted by molar-refractivity contribution is -0.137. The smallest absolute Gasteiger partial charge is 0.303 e. The first-order valence-electron chi connectivity index (χ1n) is 9.42. The molecular weight excluding hydrogens is 260 g/mol. The van der Waals surface area contributed by atoms with Gasteiger partial charge >= 0.3 is 5.97 Å². The highest BCUT2D eigenvalue weighted by atomic mass is 16.4. The van der Waals surface area contributed by atoms with Gasteiger partial charge in [0.15, 0.2) is 0 Å². The van der Waals surface area contributed by atoms with Crippen LogP contribution in [0.1, 0.15) is 110 Å². The van der Waals surface area contributed by atoms with E-state index in [2.05, 4.69) is 13.8 Å². The number of unbranched alkanes of at least 4 members (excludes halogenated alkanes) is 9. The van der Waals surface area contributed by atoms with Gasteiger partial charge < -0.3 is 5.11 Å². The van der Waals surface area contributed by atoms with Gasteiger partial charge in [0.25, 0.3) is 0 Å². The zero-order chi connectivity index (χ0) is 15.8. The first-order chi connectivity index (χ1) is 10.2. The Bertz CT molecular complexity index is 226. The maximum atomic E-state index is 10.5. The molecule has 126 valence electrons. The normalized spacial score (nSPS) is 12.5. The van der Waals surface area contributed by atoms with Crippen molar-refractivity contribution in [2.75, 3.05) is 0 Å². The largest absolute Gasteiger partial charge is 0.481 e. The molecule has 0 fully saturated rings. The Balaban J connectivity index is 3.29. The second kappa shape index (κ2) is 15.9. The molecule has 21 heavy (non-hydrogen) atoms. The molecule has 0 rings (SSSR count). The molecule has 0 bridgehead atoms. The van der Waals surface area contributed by atoms with Gasteiger partial charge in [0.1, 0.15) is 0 Å². The maximum Gasteiger partial charge on any atom is 0.303 e. The molecule has 0 amide bonds. The fraction of sp³-hybridized carbons (Fsp3) is 0.947. The zero-order valence-electron chi connectivity index (χ0n) is 14.5. The van der Waals surface area contributed by atoms with E-state index in [0.717, 1.165) is 18.8 Å². The molecule has 0 heterocycles. The molecule has 1 atom stereocenters. The van der Waals surface area contributed by atoms with Gasteiger partial charge in [-0.25, -0.2) is 0 Å². The molecule has 1 unspecified atom stereocenters. The van der Waals surface area contributed by atoms with Crippen molar-refractivity contribution in [2.45, 2.75) is 110 Å². The molecule has 2 heteroatoms. The van der Waals surface area contributed by atoms with Gasteiger partial charge in [0.2, 0.25) is 0 Å². The number of carbonyl (C=O) groups is 1. The van der Waals surface area contributed by atoms with Crippen LogP contribution < -0.4 is 0 Å². The average Bonchev–Trinajstić information content (AvgIpc) is 2.47. The van der Waals surface area contributed by atoms with Crippen molar-refractivity contribution in [3.05, 3.63) is 0 Å². The molecule has 0 aliphatic heterocycles. The van der Waals surface area contributed by atoms with E-state index in [4.69, 9.17) is 5.11 Å². The number of rotatable bonds is 16. The summed E-state index contributed by atoms with van der Waals surface area (Å²) in [6.07, 6.45) is 18.7. The monoisotopic (exact) mass is 298 g/mol. The van der Waals surface area contributed by atoms with E-state index in [1.54, 1.807) is 0 Å². The van der Waals surface area contributed by atoms with Crippen molar-refractivity contribution in [1.29, 1.82) is 0 Å². The molecule has 0 aromatic rings. The number of hydrogen-bond donors (Lipinski definition) is 1. The van der Waals surface area contributed by atoms with Gasteiger partial charge in [0, 0.05) is 6.42 Å². The standard InChI is InChI=1S/C19H38O2/c1-3-5-6-7-8-9-10-11-12-13-15-18(4-2)16-14-17-19(20)21/h18H,3-17H2,1-2H3,(H,20,21). The second-order valence-electron chi connectivity index (χ2n) is 6.53. The lowest BCUT2D eigenvalue weighted by Gasteiger charge is -2.13. The number of aliphatic carboxylic acids is 1. The predicted molar refractivity (Wildman–Crippen MR) is 91.7 cm³/mol. The van der Waals surface area contributed by atoms with Crippen molar-refractivity contribution in [1.82, 2.24) is 0 Å². The third-order valence-electron chi connectivity index (χ3n) is 4.55. The Labute approximate surface area is 132 Å². The quantitative estimate of drug-likeness (QED) is 0.327. The van der Waals surface area contributed by atoms with Crippen LogP contribution in [0, 0.1) is 5.92 Å². The Morgan fingerprint density at radius 1 is 0.762 bits per heavy atom. The summed E-state index contributed by atoms with van der Waals surface area (Å²) in [4.78, 5) is 10.5.